The predicted octanol–water partition coefficient (Wildman–Crippen LogP) is 5.77. The van der Waals surface area contributed by atoms with E-state index in [1.54, 1.807) is 0 Å². The van der Waals surface area contributed by atoms with Crippen LogP contribution in [0.2, 0.25) is 0 Å². The maximum absolute atomic E-state index is 2.30. The van der Waals surface area contributed by atoms with E-state index < -0.39 is 0 Å². The Labute approximate surface area is 123 Å². The lowest BCUT2D eigenvalue weighted by Crippen LogP contribution is -1.91. The highest BCUT2D eigenvalue weighted by molar-refractivity contribution is 5.24. The molecule has 0 aliphatic heterocycles. The number of rotatable bonds is 7. The van der Waals surface area contributed by atoms with E-state index in [9.17, 15) is 0 Å². The van der Waals surface area contributed by atoms with Crippen LogP contribution in [0, 0.1) is 0 Å². The summed E-state index contributed by atoms with van der Waals surface area (Å²) in [5, 5.41) is 0. The highest BCUT2D eigenvalue weighted by atomic mass is 14.0. The molecule has 20 heavy (non-hydrogen) atoms. The third kappa shape index (κ3) is 4.85. The van der Waals surface area contributed by atoms with Crippen LogP contribution in [0.25, 0.3) is 0 Å². The molecule has 0 nitrogen and oxygen atoms in total. The van der Waals surface area contributed by atoms with Crippen molar-refractivity contribution in [3.8, 4) is 0 Å². The van der Waals surface area contributed by atoms with Crippen molar-refractivity contribution in [3.05, 3.63) is 71.3 Å². The van der Waals surface area contributed by atoms with Gasteiger partial charge in [-0.15, -0.1) is 0 Å². The average molecular weight is 266 g/mol. The topological polar surface area (TPSA) is 0 Å². The van der Waals surface area contributed by atoms with Crippen LogP contribution in [0.5, 0.6) is 0 Å². The van der Waals surface area contributed by atoms with E-state index in [1.165, 1.54) is 48.8 Å². The van der Waals surface area contributed by atoms with Gasteiger partial charge in [0.1, 0.15) is 0 Å². The molecule has 0 atom stereocenters. The van der Waals surface area contributed by atoms with Crippen molar-refractivity contribution in [2.75, 3.05) is 0 Å². The zero-order valence-corrected chi connectivity index (χ0v) is 12.8. The molecule has 0 heterocycles. The summed E-state index contributed by atoms with van der Waals surface area (Å²) in [6.07, 6.45) is 6.35. The van der Waals surface area contributed by atoms with Crippen LogP contribution in [0.4, 0.5) is 0 Å². The quantitative estimate of drug-likeness (QED) is 0.558. The minimum absolute atomic E-state index is 0.634. The SMILES string of the molecule is CC(C)c1ccc(CCCCCc2ccccc2)cc1. The lowest BCUT2D eigenvalue weighted by atomic mass is 9.99. The zero-order chi connectivity index (χ0) is 14.2. The zero-order valence-electron chi connectivity index (χ0n) is 12.8. The van der Waals surface area contributed by atoms with Crippen LogP contribution >= 0.6 is 0 Å². The first kappa shape index (κ1) is 14.8. The standard InChI is InChI=1S/C20H26/c1-17(2)20-15-13-19(14-16-20)12-8-4-7-11-18-9-5-3-6-10-18/h3,5-6,9-10,13-17H,4,7-8,11-12H2,1-2H3. The summed E-state index contributed by atoms with van der Waals surface area (Å²) in [6, 6.07) is 20.0. The van der Waals surface area contributed by atoms with Gasteiger partial charge in [-0.2, -0.15) is 0 Å². The smallest absolute Gasteiger partial charge is 0.0219 e. The fourth-order valence-corrected chi connectivity index (χ4v) is 2.55. The molecule has 0 unspecified atom stereocenters. The number of unbranched alkanes of at least 4 members (excludes halogenated alkanes) is 2. The third-order valence-corrected chi connectivity index (χ3v) is 3.92. The molecule has 106 valence electrons. The molecule has 0 aliphatic rings. The molecule has 0 saturated heterocycles. The summed E-state index contributed by atoms with van der Waals surface area (Å²) in [6.45, 7) is 4.50. The van der Waals surface area contributed by atoms with E-state index in [0.717, 1.165) is 0 Å². The molecule has 0 heteroatoms. The largest absolute Gasteiger partial charge is 0.0622 e. The minimum Gasteiger partial charge on any atom is -0.0622 e. The van der Waals surface area contributed by atoms with Gasteiger partial charge >= 0.3 is 0 Å². The maximum atomic E-state index is 2.30. The highest BCUT2D eigenvalue weighted by Gasteiger charge is 1.99. The van der Waals surface area contributed by atoms with E-state index >= 15 is 0 Å². The molecule has 0 saturated carbocycles. The molecule has 0 fully saturated rings. The van der Waals surface area contributed by atoms with E-state index in [2.05, 4.69) is 68.4 Å². The summed E-state index contributed by atoms with van der Waals surface area (Å²) in [5.41, 5.74) is 4.39. The summed E-state index contributed by atoms with van der Waals surface area (Å²) >= 11 is 0. The minimum atomic E-state index is 0.634. The fourth-order valence-electron chi connectivity index (χ4n) is 2.55. The molecule has 0 bridgehead atoms. The van der Waals surface area contributed by atoms with E-state index in [1.807, 2.05) is 0 Å². The lowest BCUT2D eigenvalue weighted by Gasteiger charge is -2.07. The number of hydrogen-bond acceptors (Lipinski definition) is 0. The number of aryl methyl sites for hydroxylation is 2. The van der Waals surface area contributed by atoms with Gasteiger partial charge in [-0.3, -0.25) is 0 Å². The molecule has 2 aromatic carbocycles. The first-order chi connectivity index (χ1) is 9.75. The van der Waals surface area contributed by atoms with E-state index in [0.29, 0.717) is 5.92 Å². The predicted molar refractivity (Wildman–Crippen MR) is 88.2 cm³/mol. The summed E-state index contributed by atoms with van der Waals surface area (Å²) in [4.78, 5) is 0. The van der Waals surface area contributed by atoms with Gasteiger partial charge in [-0.1, -0.05) is 74.9 Å². The van der Waals surface area contributed by atoms with Crippen LogP contribution in [0.15, 0.2) is 54.6 Å². The summed E-state index contributed by atoms with van der Waals surface area (Å²) < 4.78 is 0. The van der Waals surface area contributed by atoms with Gasteiger partial charge in [0, 0.05) is 0 Å². The van der Waals surface area contributed by atoms with E-state index in [4.69, 9.17) is 0 Å². The lowest BCUT2D eigenvalue weighted by molar-refractivity contribution is 0.678. The third-order valence-electron chi connectivity index (χ3n) is 3.92. The van der Waals surface area contributed by atoms with Crippen molar-refractivity contribution in [3.63, 3.8) is 0 Å². The van der Waals surface area contributed by atoms with Crippen molar-refractivity contribution >= 4 is 0 Å². The Morgan fingerprint density at radius 1 is 0.650 bits per heavy atom. The van der Waals surface area contributed by atoms with Crippen molar-refractivity contribution in [2.24, 2.45) is 0 Å². The van der Waals surface area contributed by atoms with Gasteiger partial charge in [0.15, 0.2) is 0 Å². The second kappa shape index (κ2) is 7.89. The highest BCUT2D eigenvalue weighted by Crippen LogP contribution is 2.16. The number of benzene rings is 2. The molecule has 0 amide bonds. The van der Waals surface area contributed by atoms with E-state index in [-0.39, 0.29) is 0 Å². The molecular weight excluding hydrogens is 240 g/mol. The van der Waals surface area contributed by atoms with Crippen LogP contribution < -0.4 is 0 Å². The Morgan fingerprint density at radius 2 is 1.20 bits per heavy atom. The van der Waals surface area contributed by atoms with Crippen LogP contribution in [0.1, 0.15) is 55.7 Å². The van der Waals surface area contributed by atoms with Crippen LogP contribution in [-0.4, -0.2) is 0 Å². The average Bonchev–Trinajstić information content (AvgIpc) is 2.48. The Bertz CT molecular complexity index is 479. The molecule has 0 N–H and O–H groups in total. The Morgan fingerprint density at radius 3 is 1.75 bits per heavy atom. The normalized spacial score (nSPS) is 10.9. The summed E-state index contributed by atoms with van der Waals surface area (Å²) in [5.74, 6) is 0.634. The molecule has 0 spiro atoms. The van der Waals surface area contributed by atoms with Crippen molar-refractivity contribution in [1.82, 2.24) is 0 Å². The summed E-state index contributed by atoms with van der Waals surface area (Å²) in [7, 11) is 0. The molecule has 2 aromatic rings. The molecular formula is C20H26. The second-order valence-corrected chi connectivity index (χ2v) is 5.94. The van der Waals surface area contributed by atoms with Crippen LogP contribution in [-0.2, 0) is 12.8 Å². The number of hydrogen-bond donors (Lipinski definition) is 0. The van der Waals surface area contributed by atoms with Crippen molar-refractivity contribution in [2.45, 2.75) is 51.9 Å². The van der Waals surface area contributed by atoms with Gasteiger partial charge < -0.3 is 0 Å². The second-order valence-electron chi connectivity index (χ2n) is 5.94. The van der Waals surface area contributed by atoms with Crippen molar-refractivity contribution in [1.29, 1.82) is 0 Å². The van der Waals surface area contributed by atoms with Crippen molar-refractivity contribution < 1.29 is 0 Å². The fraction of sp³-hybridized carbons (Fsp3) is 0.400. The van der Waals surface area contributed by atoms with Gasteiger partial charge in [-0.05, 0) is 48.3 Å². The van der Waals surface area contributed by atoms with Gasteiger partial charge in [0.05, 0.1) is 0 Å². The molecule has 0 radical (unpaired) electrons. The van der Waals surface area contributed by atoms with Gasteiger partial charge in [0.2, 0.25) is 0 Å². The van der Waals surface area contributed by atoms with Crippen LogP contribution in [0.3, 0.4) is 0 Å². The first-order valence-corrected chi connectivity index (χ1v) is 7.88. The van der Waals surface area contributed by atoms with Gasteiger partial charge in [-0.25, -0.2) is 0 Å². The molecule has 2 rings (SSSR count). The first-order valence-electron chi connectivity index (χ1n) is 7.88. The molecule has 0 aliphatic carbocycles. The maximum Gasteiger partial charge on any atom is -0.0219 e. The Hall–Kier alpha value is -1.56. The Balaban J connectivity index is 1.66. The van der Waals surface area contributed by atoms with Gasteiger partial charge in [0.25, 0.3) is 0 Å². The molecule has 0 aromatic heterocycles. The monoisotopic (exact) mass is 266 g/mol. The Kier molecular flexibility index (Phi) is 5.86.